The predicted octanol–water partition coefficient (Wildman–Crippen LogP) is 1.20. The summed E-state index contributed by atoms with van der Waals surface area (Å²) in [5.74, 6) is -0.373. The Morgan fingerprint density at radius 3 is 2.57 bits per heavy atom. The maximum absolute atomic E-state index is 12.3. The van der Waals surface area contributed by atoms with Gasteiger partial charge < -0.3 is 10.1 Å². The number of rotatable bonds is 5. The zero-order valence-corrected chi connectivity index (χ0v) is 16.1. The second-order valence-electron chi connectivity index (χ2n) is 6.79. The molecule has 1 saturated heterocycles. The molecule has 1 aliphatic rings. The SMILES string of the molecule is Cc1nn(CC(=O)Nc2ccc(CN3CCOCC3)cc2)c(=O)c(C#N)c1C. The third kappa shape index (κ3) is 4.63. The summed E-state index contributed by atoms with van der Waals surface area (Å²) in [7, 11) is 0. The van der Waals surface area contributed by atoms with E-state index >= 15 is 0 Å². The molecule has 1 fully saturated rings. The molecule has 0 bridgehead atoms. The molecular formula is C20H23N5O3. The number of ether oxygens (including phenoxy) is 1. The standard InChI is InChI=1S/C20H23N5O3/c1-14-15(2)23-25(20(27)18(14)11-21)13-19(26)22-17-5-3-16(4-6-17)12-24-7-9-28-10-8-24/h3-6H,7-10,12-13H2,1-2H3,(H,22,26). The van der Waals surface area contributed by atoms with Gasteiger partial charge in [0.25, 0.3) is 5.56 Å². The van der Waals surface area contributed by atoms with E-state index in [-0.39, 0.29) is 18.0 Å². The van der Waals surface area contributed by atoms with Crippen molar-refractivity contribution in [1.29, 1.82) is 5.26 Å². The van der Waals surface area contributed by atoms with Crippen molar-refractivity contribution in [3.63, 3.8) is 0 Å². The van der Waals surface area contributed by atoms with Crippen LogP contribution in [0.5, 0.6) is 0 Å². The van der Waals surface area contributed by atoms with Crippen LogP contribution in [-0.4, -0.2) is 46.9 Å². The fourth-order valence-electron chi connectivity index (χ4n) is 3.06. The molecule has 1 N–H and O–H groups in total. The summed E-state index contributed by atoms with van der Waals surface area (Å²) in [6, 6.07) is 9.51. The lowest BCUT2D eigenvalue weighted by Crippen LogP contribution is -2.35. The fourth-order valence-corrected chi connectivity index (χ4v) is 3.06. The van der Waals surface area contributed by atoms with E-state index in [1.807, 2.05) is 30.3 Å². The molecule has 8 heteroatoms. The van der Waals surface area contributed by atoms with E-state index in [4.69, 9.17) is 10.00 Å². The number of carbonyl (C=O) groups excluding carboxylic acids is 1. The molecule has 1 aliphatic heterocycles. The molecule has 1 aromatic heterocycles. The second kappa shape index (κ2) is 8.78. The van der Waals surface area contributed by atoms with E-state index in [1.54, 1.807) is 13.8 Å². The van der Waals surface area contributed by atoms with E-state index in [0.29, 0.717) is 16.9 Å². The van der Waals surface area contributed by atoms with Gasteiger partial charge in [-0.25, -0.2) is 4.68 Å². The molecule has 2 heterocycles. The molecule has 1 amide bonds. The third-order valence-electron chi connectivity index (χ3n) is 4.79. The van der Waals surface area contributed by atoms with Crippen LogP contribution < -0.4 is 10.9 Å². The van der Waals surface area contributed by atoms with Gasteiger partial charge in [0, 0.05) is 25.3 Å². The van der Waals surface area contributed by atoms with Crippen LogP contribution >= 0.6 is 0 Å². The minimum absolute atomic E-state index is 0.0211. The lowest BCUT2D eigenvalue weighted by molar-refractivity contribution is -0.117. The Balaban J connectivity index is 1.63. The number of amides is 1. The highest BCUT2D eigenvalue weighted by molar-refractivity contribution is 5.90. The summed E-state index contributed by atoms with van der Waals surface area (Å²) < 4.78 is 6.38. The van der Waals surface area contributed by atoms with Gasteiger partial charge in [0.1, 0.15) is 18.2 Å². The number of anilines is 1. The second-order valence-corrected chi connectivity index (χ2v) is 6.79. The number of nitrogens with one attached hydrogen (secondary N) is 1. The van der Waals surface area contributed by atoms with Crippen molar-refractivity contribution < 1.29 is 9.53 Å². The number of hydrogen-bond acceptors (Lipinski definition) is 6. The maximum Gasteiger partial charge on any atom is 0.285 e. The lowest BCUT2D eigenvalue weighted by Gasteiger charge is -2.26. The third-order valence-corrected chi connectivity index (χ3v) is 4.79. The van der Waals surface area contributed by atoms with Crippen LogP contribution in [0.2, 0.25) is 0 Å². The molecule has 2 aromatic rings. The smallest absolute Gasteiger partial charge is 0.285 e. The van der Waals surface area contributed by atoms with Gasteiger partial charge in [0.2, 0.25) is 5.91 Å². The number of nitriles is 1. The summed E-state index contributed by atoms with van der Waals surface area (Å²) in [6.45, 7) is 7.33. The van der Waals surface area contributed by atoms with Crippen LogP contribution in [0.25, 0.3) is 0 Å². The van der Waals surface area contributed by atoms with Gasteiger partial charge in [0.15, 0.2) is 0 Å². The Morgan fingerprint density at radius 2 is 1.93 bits per heavy atom. The van der Waals surface area contributed by atoms with E-state index < -0.39 is 5.56 Å². The first-order valence-electron chi connectivity index (χ1n) is 9.15. The number of morpholine rings is 1. The van der Waals surface area contributed by atoms with Gasteiger partial charge in [-0.05, 0) is 37.1 Å². The first-order chi connectivity index (χ1) is 13.5. The van der Waals surface area contributed by atoms with Crippen molar-refractivity contribution in [3.8, 4) is 6.07 Å². The van der Waals surface area contributed by atoms with Crippen molar-refractivity contribution in [1.82, 2.24) is 14.7 Å². The van der Waals surface area contributed by atoms with Crippen LogP contribution in [0.3, 0.4) is 0 Å². The van der Waals surface area contributed by atoms with Gasteiger partial charge in [-0.2, -0.15) is 10.4 Å². The topological polar surface area (TPSA) is 100 Å². The maximum atomic E-state index is 12.3. The number of carbonyl (C=O) groups is 1. The molecule has 0 unspecified atom stereocenters. The monoisotopic (exact) mass is 381 g/mol. The van der Waals surface area contributed by atoms with Crippen LogP contribution in [0, 0.1) is 25.2 Å². The van der Waals surface area contributed by atoms with Gasteiger partial charge in [-0.15, -0.1) is 0 Å². The normalized spacial score (nSPS) is 14.5. The highest BCUT2D eigenvalue weighted by atomic mass is 16.5. The van der Waals surface area contributed by atoms with Gasteiger partial charge >= 0.3 is 0 Å². The average Bonchev–Trinajstić information content (AvgIpc) is 2.69. The predicted molar refractivity (Wildman–Crippen MR) is 104 cm³/mol. The summed E-state index contributed by atoms with van der Waals surface area (Å²) in [4.78, 5) is 26.9. The minimum atomic E-state index is -0.554. The molecule has 0 spiro atoms. The first kappa shape index (κ1) is 19.7. The zero-order valence-electron chi connectivity index (χ0n) is 16.1. The van der Waals surface area contributed by atoms with E-state index in [9.17, 15) is 9.59 Å². The van der Waals surface area contributed by atoms with Crippen LogP contribution in [0.1, 0.15) is 22.4 Å². The fraction of sp³-hybridized carbons (Fsp3) is 0.400. The van der Waals surface area contributed by atoms with Gasteiger partial charge in [0.05, 0.1) is 18.9 Å². The van der Waals surface area contributed by atoms with Crippen molar-refractivity contribution in [2.24, 2.45) is 0 Å². The number of hydrogen-bond donors (Lipinski definition) is 1. The summed E-state index contributed by atoms with van der Waals surface area (Å²) in [6.07, 6.45) is 0. The Kier molecular flexibility index (Phi) is 6.19. The van der Waals surface area contributed by atoms with Crippen LogP contribution in [0.15, 0.2) is 29.1 Å². The van der Waals surface area contributed by atoms with Gasteiger partial charge in [-0.3, -0.25) is 14.5 Å². The zero-order chi connectivity index (χ0) is 20.1. The molecule has 146 valence electrons. The quantitative estimate of drug-likeness (QED) is 0.835. The molecule has 0 radical (unpaired) electrons. The highest BCUT2D eigenvalue weighted by Crippen LogP contribution is 2.13. The Labute approximate surface area is 163 Å². The lowest BCUT2D eigenvalue weighted by atomic mass is 10.1. The largest absolute Gasteiger partial charge is 0.379 e. The van der Waals surface area contributed by atoms with Crippen molar-refractivity contribution in [3.05, 3.63) is 57.0 Å². The number of benzene rings is 1. The highest BCUT2D eigenvalue weighted by Gasteiger charge is 2.14. The van der Waals surface area contributed by atoms with E-state index in [2.05, 4.69) is 15.3 Å². The van der Waals surface area contributed by atoms with Gasteiger partial charge in [-0.1, -0.05) is 12.1 Å². The summed E-state index contributed by atoms with van der Waals surface area (Å²) >= 11 is 0. The van der Waals surface area contributed by atoms with Crippen molar-refractivity contribution >= 4 is 11.6 Å². The Bertz CT molecular complexity index is 954. The average molecular weight is 381 g/mol. The van der Waals surface area contributed by atoms with E-state index in [0.717, 1.165) is 43.1 Å². The Hall–Kier alpha value is -3.02. The molecule has 0 atom stereocenters. The van der Waals surface area contributed by atoms with Crippen LogP contribution in [0.4, 0.5) is 5.69 Å². The first-order valence-corrected chi connectivity index (χ1v) is 9.15. The molecule has 1 aromatic carbocycles. The molecule has 28 heavy (non-hydrogen) atoms. The van der Waals surface area contributed by atoms with E-state index in [1.165, 1.54) is 0 Å². The number of nitrogens with zero attached hydrogens (tertiary/aromatic N) is 4. The number of aryl methyl sites for hydroxylation is 1. The summed E-state index contributed by atoms with van der Waals surface area (Å²) in [5, 5.41) is 16.0. The molecule has 3 rings (SSSR count). The van der Waals surface area contributed by atoms with Crippen molar-refractivity contribution in [2.45, 2.75) is 26.9 Å². The number of aromatic nitrogens is 2. The summed E-state index contributed by atoms with van der Waals surface area (Å²) in [5.41, 5.74) is 2.37. The molecule has 0 aliphatic carbocycles. The molecule has 0 saturated carbocycles. The molecule has 8 nitrogen and oxygen atoms in total. The minimum Gasteiger partial charge on any atom is -0.379 e. The molecular weight excluding hydrogens is 358 g/mol. The van der Waals surface area contributed by atoms with Crippen molar-refractivity contribution in [2.75, 3.05) is 31.6 Å². The Morgan fingerprint density at radius 1 is 1.25 bits per heavy atom. The van der Waals surface area contributed by atoms with Crippen LogP contribution in [-0.2, 0) is 22.6 Å².